The van der Waals surface area contributed by atoms with Crippen LogP contribution in [0.5, 0.6) is 0 Å². The second kappa shape index (κ2) is 6.55. The van der Waals surface area contributed by atoms with Gasteiger partial charge in [-0.2, -0.15) is 5.26 Å². The van der Waals surface area contributed by atoms with Gasteiger partial charge in [0.2, 0.25) is 5.91 Å². The molecule has 2 N–H and O–H groups in total. The van der Waals surface area contributed by atoms with Gasteiger partial charge in [-0.3, -0.25) is 4.79 Å². The molecule has 0 fully saturated rings. The number of nitriles is 1. The van der Waals surface area contributed by atoms with Gasteiger partial charge in [0.05, 0.1) is 17.4 Å². The molecule has 17 heavy (non-hydrogen) atoms. The van der Waals surface area contributed by atoms with E-state index in [-0.39, 0.29) is 23.8 Å². The van der Waals surface area contributed by atoms with Gasteiger partial charge in [-0.1, -0.05) is 0 Å². The van der Waals surface area contributed by atoms with Gasteiger partial charge in [0.15, 0.2) is 0 Å². The Kier molecular flexibility index (Phi) is 5.04. The van der Waals surface area contributed by atoms with Crippen molar-refractivity contribution in [1.82, 2.24) is 5.32 Å². The van der Waals surface area contributed by atoms with E-state index in [1.165, 1.54) is 23.9 Å². The number of carbonyl (C=O) groups excluding carboxylic acids is 1. The first-order valence-corrected chi connectivity index (χ1v) is 5.72. The molecule has 0 unspecified atom stereocenters. The molecule has 0 saturated carbocycles. The van der Waals surface area contributed by atoms with E-state index in [1.807, 2.05) is 6.07 Å². The van der Waals surface area contributed by atoms with Gasteiger partial charge in [-0.15, -0.1) is 11.8 Å². The molecule has 0 radical (unpaired) electrons. The highest BCUT2D eigenvalue weighted by Crippen LogP contribution is 2.17. The maximum atomic E-state index is 11.2. The van der Waals surface area contributed by atoms with Crippen LogP contribution in [0.4, 0.5) is 0 Å². The number of carboxylic acid groups (broad SMARTS) is 1. The molecule has 0 atom stereocenters. The second-order valence-electron chi connectivity index (χ2n) is 3.05. The summed E-state index contributed by atoms with van der Waals surface area (Å²) in [6.07, 6.45) is 0. The number of rotatable bonds is 5. The topological polar surface area (TPSA) is 90.2 Å². The van der Waals surface area contributed by atoms with Crippen LogP contribution in [0.1, 0.15) is 10.4 Å². The average molecular weight is 250 g/mol. The van der Waals surface area contributed by atoms with Crippen LogP contribution in [0, 0.1) is 11.3 Å². The van der Waals surface area contributed by atoms with Crippen LogP contribution in [-0.2, 0) is 4.79 Å². The van der Waals surface area contributed by atoms with E-state index in [1.54, 1.807) is 12.1 Å². The van der Waals surface area contributed by atoms with Crippen LogP contribution in [-0.4, -0.2) is 29.3 Å². The Labute approximate surface area is 102 Å². The summed E-state index contributed by atoms with van der Waals surface area (Å²) in [4.78, 5) is 22.6. The molecule has 0 saturated heterocycles. The SMILES string of the molecule is N#CCNC(=O)CSc1ccc(C(=O)O)cc1. The zero-order valence-electron chi connectivity index (χ0n) is 8.84. The van der Waals surface area contributed by atoms with Gasteiger partial charge in [0.1, 0.15) is 6.54 Å². The van der Waals surface area contributed by atoms with Crippen molar-refractivity contribution < 1.29 is 14.7 Å². The lowest BCUT2D eigenvalue weighted by atomic mass is 10.2. The van der Waals surface area contributed by atoms with Crippen LogP contribution in [0.15, 0.2) is 29.2 Å². The van der Waals surface area contributed by atoms with Crippen molar-refractivity contribution >= 4 is 23.6 Å². The minimum atomic E-state index is -0.978. The first-order chi connectivity index (χ1) is 8.13. The van der Waals surface area contributed by atoms with Crippen LogP contribution in [0.3, 0.4) is 0 Å². The van der Waals surface area contributed by atoms with Crippen molar-refractivity contribution in [2.75, 3.05) is 12.3 Å². The van der Waals surface area contributed by atoms with Gasteiger partial charge >= 0.3 is 5.97 Å². The molecule has 1 aromatic rings. The van der Waals surface area contributed by atoms with E-state index in [4.69, 9.17) is 10.4 Å². The Morgan fingerprint density at radius 3 is 2.53 bits per heavy atom. The zero-order chi connectivity index (χ0) is 12.7. The lowest BCUT2D eigenvalue weighted by Gasteiger charge is -2.02. The maximum absolute atomic E-state index is 11.2. The molecule has 1 aromatic carbocycles. The number of aromatic carboxylic acids is 1. The molecule has 1 rings (SSSR count). The summed E-state index contributed by atoms with van der Waals surface area (Å²) in [7, 11) is 0. The number of carbonyl (C=O) groups is 2. The summed E-state index contributed by atoms with van der Waals surface area (Å²) in [5.41, 5.74) is 0.211. The summed E-state index contributed by atoms with van der Waals surface area (Å²) in [5.74, 6) is -0.999. The van der Waals surface area contributed by atoms with Crippen molar-refractivity contribution in [3.63, 3.8) is 0 Å². The van der Waals surface area contributed by atoms with E-state index < -0.39 is 5.97 Å². The van der Waals surface area contributed by atoms with Crippen LogP contribution in [0.2, 0.25) is 0 Å². The molecular weight excluding hydrogens is 240 g/mol. The zero-order valence-corrected chi connectivity index (χ0v) is 9.66. The number of nitrogens with zero attached hydrogens (tertiary/aromatic N) is 1. The Morgan fingerprint density at radius 1 is 1.35 bits per heavy atom. The maximum Gasteiger partial charge on any atom is 0.335 e. The normalized spacial score (nSPS) is 9.35. The Morgan fingerprint density at radius 2 is 2.00 bits per heavy atom. The number of amides is 1. The van der Waals surface area contributed by atoms with E-state index in [9.17, 15) is 9.59 Å². The third-order valence-electron chi connectivity index (χ3n) is 1.84. The molecule has 0 aliphatic carbocycles. The third-order valence-corrected chi connectivity index (χ3v) is 2.85. The molecule has 6 heteroatoms. The summed E-state index contributed by atoms with van der Waals surface area (Å²) in [6.45, 7) is -0.00263. The van der Waals surface area contributed by atoms with Gasteiger partial charge in [0.25, 0.3) is 0 Å². The van der Waals surface area contributed by atoms with E-state index >= 15 is 0 Å². The van der Waals surface area contributed by atoms with Crippen molar-refractivity contribution in [2.45, 2.75) is 4.90 Å². The lowest BCUT2D eigenvalue weighted by molar-refractivity contribution is -0.118. The van der Waals surface area contributed by atoms with Crippen molar-refractivity contribution in [3.05, 3.63) is 29.8 Å². The van der Waals surface area contributed by atoms with E-state index in [0.29, 0.717) is 0 Å². The number of hydrogen-bond acceptors (Lipinski definition) is 4. The molecule has 5 nitrogen and oxygen atoms in total. The van der Waals surface area contributed by atoms with E-state index in [0.717, 1.165) is 4.90 Å². The summed E-state index contributed by atoms with van der Waals surface area (Å²) < 4.78 is 0. The minimum absolute atomic E-state index is 0.00263. The van der Waals surface area contributed by atoms with Crippen LogP contribution >= 0.6 is 11.8 Å². The minimum Gasteiger partial charge on any atom is -0.478 e. The molecule has 88 valence electrons. The average Bonchev–Trinajstić information content (AvgIpc) is 2.34. The number of hydrogen-bond donors (Lipinski definition) is 2. The standard InChI is InChI=1S/C11H10N2O3S/c12-5-6-13-10(14)7-17-9-3-1-8(2-4-9)11(15)16/h1-4H,6-7H2,(H,13,14)(H,15,16). The van der Waals surface area contributed by atoms with Gasteiger partial charge in [0, 0.05) is 4.90 Å². The fourth-order valence-corrected chi connectivity index (χ4v) is 1.76. The fourth-order valence-electron chi connectivity index (χ4n) is 1.03. The molecular formula is C11H10N2O3S. The first kappa shape index (κ1) is 13.1. The summed E-state index contributed by atoms with van der Waals surface area (Å²) >= 11 is 1.28. The quantitative estimate of drug-likeness (QED) is 0.603. The fraction of sp³-hybridized carbons (Fsp3) is 0.182. The smallest absolute Gasteiger partial charge is 0.335 e. The van der Waals surface area contributed by atoms with Crippen molar-refractivity contribution in [1.29, 1.82) is 5.26 Å². The van der Waals surface area contributed by atoms with Crippen molar-refractivity contribution in [2.24, 2.45) is 0 Å². The predicted octanol–water partition coefficient (Wildman–Crippen LogP) is 1.12. The highest BCUT2D eigenvalue weighted by atomic mass is 32.2. The highest BCUT2D eigenvalue weighted by Gasteiger charge is 2.04. The highest BCUT2D eigenvalue weighted by molar-refractivity contribution is 8.00. The molecule has 0 aliphatic heterocycles. The molecule has 0 heterocycles. The monoisotopic (exact) mass is 250 g/mol. The number of carboxylic acids is 1. The lowest BCUT2D eigenvalue weighted by Crippen LogP contribution is -2.25. The predicted molar refractivity (Wildman–Crippen MR) is 62.7 cm³/mol. The van der Waals surface area contributed by atoms with Crippen LogP contribution in [0.25, 0.3) is 0 Å². The molecule has 0 spiro atoms. The van der Waals surface area contributed by atoms with Crippen LogP contribution < -0.4 is 5.32 Å². The third kappa shape index (κ3) is 4.57. The van der Waals surface area contributed by atoms with Gasteiger partial charge < -0.3 is 10.4 Å². The first-order valence-electron chi connectivity index (χ1n) is 4.73. The largest absolute Gasteiger partial charge is 0.478 e. The summed E-state index contributed by atoms with van der Waals surface area (Å²) in [5, 5.41) is 19.4. The molecule has 0 aliphatic rings. The Hall–Kier alpha value is -2.00. The van der Waals surface area contributed by atoms with Gasteiger partial charge in [-0.25, -0.2) is 4.79 Å². The number of thioether (sulfide) groups is 1. The summed E-state index contributed by atoms with van der Waals surface area (Å²) in [6, 6.07) is 8.07. The van der Waals surface area contributed by atoms with Crippen molar-refractivity contribution in [3.8, 4) is 6.07 Å². The molecule has 0 aromatic heterocycles. The van der Waals surface area contributed by atoms with Gasteiger partial charge in [-0.05, 0) is 24.3 Å². The number of nitrogens with one attached hydrogen (secondary N) is 1. The second-order valence-corrected chi connectivity index (χ2v) is 4.10. The molecule has 1 amide bonds. The molecule has 0 bridgehead atoms. The van der Waals surface area contributed by atoms with E-state index in [2.05, 4.69) is 5.32 Å². The Balaban J connectivity index is 2.45. The Bertz CT molecular complexity index is 451. The number of benzene rings is 1.